The van der Waals surface area contributed by atoms with Gasteiger partial charge in [-0.3, -0.25) is 0 Å². The van der Waals surface area contributed by atoms with E-state index >= 15 is 0 Å². The zero-order chi connectivity index (χ0) is 11.4. The van der Waals surface area contributed by atoms with E-state index in [1.54, 1.807) is 0 Å². The monoisotopic (exact) mass is 257 g/mol. The molecule has 0 aliphatic carbocycles. The first-order valence-corrected chi connectivity index (χ1v) is 7.55. The first kappa shape index (κ1) is 12.4. The summed E-state index contributed by atoms with van der Waals surface area (Å²) in [5.74, 6) is 0. The van der Waals surface area contributed by atoms with E-state index in [1.807, 2.05) is 23.1 Å². The molecule has 0 radical (unpaired) electrons. The number of hydrogen-bond acceptors (Lipinski definition) is 4. The van der Waals surface area contributed by atoms with Crippen LogP contribution in [0, 0.1) is 6.92 Å². The van der Waals surface area contributed by atoms with Gasteiger partial charge in [0, 0.05) is 34.8 Å². The predicted molar refractivity (Wildman–Crippen MR) is 72.3 cm³/mol. The maximum Gasteiger partial charge on any atom is 0.0516 e. The van der Waals surface area contributed by atoms with Crippen LogP contribution in [0.1, 0.15) is 27.8 Å². The Labute approximate surface area is 106 Å². The van der Waals surface area contributed by atoms with Crippen LogP contribution in [0.4, 0.5) is 0 Å². The van der Waals surface area contributed by atoms with Gasteiger partial charge in [-0.25, -0.2) is 0 Å². The number of rotatable bonds is 4. The molecule has 1 atom stereocenters. The van der Waals surface area contributed by atoms with E-state index in [0.717, 1.165) is 25.0 Å². The molecule has 1 unspecified atom stereocenters. The fourth-order valence-corrected chi connectivity index (χ4v) is 4.35. The second-order valence-electron chi connectivity index (χ2n) is 4.12. The van der Waals surface area contributed by atoms with Crippen LogP contribution >= 0.6 is 23.1 Å². The van der Waals surface area contributed by atoms with Crippen molar-refractivity contribution in [2.75, 3.05) is 19.8 Å². The van der Waals surface area contributed by atoms with Crippen LogP contribution in [0.15, 0.2) is 12.1 Å². The second-order valence-corrected chi connectivity index (χ2v) is 6.95. The van der Waals surface area contributed by atoms with Crippen molar-refractivity contribution in [3.63, 3.8) is 0 Å². The third-order valence-electron chi connectivity index (χ3n) is 2.82. The maximum absolute atomic E-state index is 5.89. The van der Waals surface area contributed by atoms with Crippen molar-refractivity contribution in [1.29, 1.82) is 0 Å². The first-order valence-electron chi connectivity index (χ1n) is 5.79. The number of thiophene rings is 1. The fourth-order valence-electron chi connectivity index (χ4n) is 1.91. The molecule has 4 heteroatoms. The minimum atomic E-state index is 0.474. The van der Waals surface area contributed by atoms with Gasteiger partial charge in [-0.2, -0.15) is 0 Å². The molecule has 0 spiro atoms. The van der Waals surface area contributed by atoms with Gasteiger partial charge in [-0.15, -0.1) is 23.1 Å². The van der Waals surface area contributed by atoms with Gasteiger partial charge in [0.1, 0.15) is 0 Å². The first-order chi connectivity index (χ1) is 7.79. The van der Waals surface area contributed by atoms with Crippen LogP contribution < -0.4 is 5.73 Å². The highest BCUT2D eigenvalue weighted by Crippen LogP contribution is 2.38. The molecule has 16 heavy (non-hydrogen) atoms. The zero-order valence-electron chi connectivity index (χ0n) is 9.65. The van der Waals surface area contributed by atoms with Crippen LogP contribution in [-0.2, 0) is 4.74 Å². The quantitative estimate of drug-likeness (QED) is 0.900. The molecule has 1 aromatic rings. The Balaban J connectivity index is 1.94. The molecule has 2 N–H and O–H groups in total. The molecule has 0 bridgehead atoms. The zero-order valence-corrected chi connectivity index (χ0v) is 11.3. The van der Waals surface area contributed by atoms with Gasteiger partial charge < -0.3 is 10.5 Å². The fraction of sp³-hybridized carbons (Fsp3) is 0.667. The smallest absolute Gasteiger partial charge is 0.0516 e. The highest BCUT2D eigenvalue weighted by atomic mass is 32.2. The van der Waals surface area contributed by atoms with Gasteiger partial charge in [0.15, 0.2) is 0 Å². The number of ether oxygens (including phenoxy) is 1. The van der Waals surface area contributed by atoms with Crippen LogP contribution in [0.2, 0.25) is 0 Å². The Bertz CT molecular complexity index is 321. The van der Waals surface area contributed by atoms with Crippen molar-refractivity contribution in [1.82, 2.24) is 0 Å². The van der Waals surface area contributed by atoms with Crippen molar-refractivity contribution in [2.24, 2.45) is 5.73 Å². The molecule has 0 aromatic carbocycles. The normalized spacial score (nSPS) is 19.9. The molecule has 2 nitrogen and oxygen atoms in total. The Morgan fingerprint density at radius 3 is 2.81 bits per heavy atom. The van der Waals surface area contributed by atoms with E-state index in [-0.39, 0.29) is 0 Å². The largest absolute Gasteiger partial charge is 0.381 e. The molecule has 2 rings (SSSR count). The van der Waals surface area contributed by atoms with E-state index in [1.165, 1.54) is 22.6 Å². The molecular formula is C12H19NOS2. The molecule has 1 aromatic heterocycles. The van der Waals surface area contributed by atoms with Gasteiger partial charge >= 0.3 is 0 Å². The van der Waals surface area contributed by atoms with Crippen LogP contribution in [-0.4, -0.2) is 25.0 Å². The third-order valence-corrected chi connectivity index (χ3v) is 5.71. The van der Waals surface area contributed by atoms with Crippen molar-refractivity contribution in [3.05, 3.63) is 21.9 Å². The summed E-state index contributed by atoms with van der Waals surface area (Å²) in [5.41, 5.74) is 5.89. The number of aryl methyl sites for hydroxylation is 1. The molecule has 1 aliphatic heterocycles. The maximum atomic E-state index is 5.89. The van der Waals surface area contributed by atoms with Crippen LogP contribution in [0.5, 0.6) is 0 Å². The molecule has 2 heterocycles. The summed E-state index contributed by atoms with van der Waals surface area (Å²) < 4.78 is 5.38. The Kier molecular flexibility index (Phi) is 4.70. The van der Waals surface area contributed by atoms with E-state index in [9.17, 15) is 0 Å². The highest BCUT2D eigenvalue weighted by molar-refractivity contribution is 8.00. The lowest BCUT2D eigenvalue weighted by molar-refractivity contribution is 0.0999. The molecule has 0 saturated carbocycles. The van der Waals surface area contributed by atoms with Crippen molar-refractivity contribution >= 4 is 23.1 Å². The lowest BCUT2D eigenvalue weighted by Gasteiger charge is -2.25. The van der Waals surface area contributed by atoms with Crippen molar-refractivity contribution < 1.29 is 4.74 Å². The Hall–Kier alpha value is -0.0300. The van der Waals surface area contributed by atoms with Gasteiger partial charge in [0.25, 0.3) is 0 Å². The summed E-state index contributed by atoms with van der Waals surface area (Å²) in [6.07, 6.45) is 2.34. The minimum Gasteiger partial charge on any atom is -0.381 e. The van der Waals surface area contributed by atoms with Crippen molar-refractivity contribution in [3.8, 4) is 0 Å². The lowest BCUT2D eigenvalue weighted by atomic mass is 10.2. The highest BCUT2D eigenvalue weighted by Gasteiger charge is 2.20. The summed E-state index contributed by atoms with van der Waals surface area (Å²) >= 11 is 3.91. The van der Waals surface area contributed by atoms with Crippen LogP contribution in [0.25, 0.3) is 0 Å². The summed E-state index contributed by atoms with van der Waals surface area (Å²) in [5, 5.41) is 1.20. The SMILES string of the molecule is Cc1ccc(C(CN)SC2CCOCC2)s1. The van der Waals surface area contributed by atoms with Crippen molar-refractivity contribution in [2.45, 2.75) is 30.3 Å². The summed E-state index contributed by atoms with van der Waals surface area (Å²) in [6.45, 7) is 4.72. The van der Waals surface area contributed by atoms with E-state index in [2.05, 4.69) is 19.1 Å². The molecular weight excluding hydrogens is 238 g/mol. The number of thioether (sulfide) groups is 1. The van der Waals surface area contributed by atoms with Gasteiger partial charge in [0.2, 0.25) is 0 Å². The summed E-state index contributed by atoms with van der Waals surface area (Å²) in [4.78, 5) is 2.80. The van der Waals surface area contributed by atoms with Crippen LogP contribution in [0.3, 0.4) is 0 Å². The average molecular weight is 257 g/mol. The summed E-state index contributed by atoms with van der Waals surface area (Å²) in [7, 11) is 0. The molecule has 1 saturated heterocycles. The Morgan fingerprint density at radius 1 is 1.50 bits per heavy atom. The van der Waals surface area contributed by atoms with Gasteiger partial charge in [0.05, 0.1) is 5.25 Å². The van der Waals surface area contributed by atoms with Gasteiger partial charge in [-0.1, -0.05) is 0 Å². The van der Waals surface area contributed by atoms with E-state index in [4.69, 9.17) is 10.5 Å². The molecule has 0 amide bonds. The molecule has 1 fully saturated rings. The minimum absolute atomic E-state index is 0.474. The van der Waals surface area contributed by atoms with E-state index in [0.29, 0.717) is 5.25 Å². The molecule has 1 aliphatic rings. The number of hydrogen-bond donors (Lipinski definition) is 1. The third kappa shape index (κ3) is 3.23. The molecule has 90 valence electrons. The topological polar surface area (TPSA) is 35.2 Å². The average Bonchev–Trinajstić information content (AvgIpc) is 2.74. The Morgan fingerprint density at radius 2 is 2.25 bits per heavy atom. The summed E-state index contributed by atoms with van der Waals surface area (Å²) in [6, 6.07) is 4.41. The predicted octanol–water partition coefficient (Wildman–Crippen LogP) is 2.97. The lowest BCUT2D eigenvalue weighted by Crippen LogP contribution is -2.20. The van der Waals surface area contributed by atoms with Gasteiger partial charge in [-0.05, 0) is 31.9 Å². The standard InChI is InChI=1S/C12H19NOS2/c1-9-2-3-11(15-9)12(8-13)16-10-4-6-14-7-5-10/h2-3,10,12H,4-8,13H2,1H3. The number of nitrogens with two attached hydrogens (primary N) is 1. The second kappa shape index (κ2) is 6.05. The van der Waals surface area contributed by atoms with E-state index < -0.39 is 0 Å².